The van der Waals surface area contributed by atoms with Gasteiger partial charge in [0, 0.05) is 12.8 Å². The fraction of sp³-hybridized carbons (Fsp3) is 0.800. The van der Waals surface area contributed by atoms with E-state index in [1.165, 1.54) is 7.11 Å². The Morgan fingerprint density at radius 3 is 2.57 bits per heavy atom. The van der Waals surface area contributed by atoms with Gasteiger partial charge in [-0.05, 0) is 25.3 Å². The number of esters is 1. The topological polar surface area (TPSA) is 69.0 Å². The van der Waals surface area contributed by atoms with Crippen LogP contribution in [0.2, 0.25) is 0 Å². The molecule has 0 saturated heterocycles. The SMILES string of the molecule is CCNC(Cn1nc(CC)nc1CC)(C(=O)OC)C1CC1. The largest absolute Gasteiger partial charge is 0.468 e. The number of hydrogen-bond acceptors (Lipinski definition) is 5. The second-order valence-corrected chi connectivity index (χ2v) is 5.58. The molecule has 0 aliphatic heterocycles. The highest BCUT2D eigenvalue weighted by molar-refractivity contribution is 5.81. The van der Waals surface area contributed by atoms with Gasteiger partial charge in [0.25, 0.3) is 0 Å². The van der Waals surface area contributed by atoms with Crippen molar-refractivity contribution in [1.82, 2.24) is 20.1 Å². The van der Waals surface area contributed by atoms with Gasteiger partial charge in [0.05, 0.1) is 13.7 Å². The van der Waals surface area contributed by atoms with E-state index in [9.17, 15) is 4.79 Å². The number of methoxy groups -OCH3 is 1. The van der Waals surface area contributed by atoms with Crippen molar-refractivity contribution in [3.63, 3.8) is 0 Å². The van der Waals surface area contributed by atoms with Crippen molar-refractivity contribution in [2.24, 2.45) is 5.92 Å². The van der Waals surface area contributed by atoms with Gasteiger partial charge in [-0.1, -0.05) is 20.8 Å². The molecule has 1 heterocycles. The van der Waals surface area contributed by atoms with Crippen LogP contribution in [0.15, 0.2) is 0 Å². The fourth-order valence-electron chi connectivity index (χ4n) is 2.91. The first-order valence-corrected chi connectivity index (χ1v) is 7.87. The van der Waals surface area contributed by atoms with Crippen LogP contribution in [0.3, 0.4) is 0 Å². The number of likely N-dealkylation sites (N-methyl/N-ethyl adjacent to an activating group) is 1. The molecule has 1 aromatic heterocycles. The molecular formula is C15H26N4O2. The van der Waals surface area contributed by atoms with Gasteiger partial charge in [0.15, 0.2) is 5.82 Å². The average molecular weight is 294 g/mol. The minimum atomic E-state index is -0.674. The van der Waals surface area contributed by atoms with Gasteiger partial charge in [0.1, 0.15) is 11.4 Å². The molecule has 2 rings (SSSR count). The third-order valence-corrected chi connectivity index (χ3v) is 4.14. The first kappa shape index (κ1) is 15.9. The Kier molecular flexibility index (Phi) is 4.98. The molecule has 1 aliphatic rings. The van der Waals surface area contributed by atoms with Crippen LogP contribution >= 0.6 is 0 Å². The van der Waals surface area contributed by atoms with Crippen LogP contribution in [0.1, 0.15) is 45.3 Å². The van der Waals surface area contributed by atoms with E-state index in [1.807, 2.05) is 18.5 Å². The molecule has 1 unspecified atom stereocenters. The second-order valence-electron chi connectivity index (χ2n) is 5.58. The maximum absolute atomic E-state index is 12.4. The van der Waals surface area contributed by atoms with Crippen LogP contribution in [0.4, 0.5) is 0 Å². The third-order valence-electron chi connectivity index (χ3n) is 4.14. The van der Waals surface area contributed by atoms with Gasteiger partial charge in [-0.2, -0.15) is 5.10 Å². The summed E-state index contributed by atoms with van der Waals surface area (Å²) in [6, 6.07) is 0. The first-order chi connectivity index (χ1) is 10.1. The molecule has 118 valence electrons. The van der Waals surface area contributed by atoms with Gasteiger partial charge in [-0.3, -0.25) is 0 Å². The summed E-state index contributed by atoms with van der Waals surface area (Å²) >= 11 is 0. The normalized spacial score (nSPS) is 17.5. The minimum absolute atomic E-state index is 0.192. The molecule has 1 aromatic rings. The van der Waals surface area contributed by atoms with Crippen molar-refractivity contribution in [2.75, 3.05) is 13.7 Å². The Morgan fingerprint density at radius 1 is 1.38 bits per heavy atom. The van der Waals surface area contributed by atoms with Crippen molar-refractivity contribution in [3.8, 4) is 0 Å². The first-order valence-electron chi connectivity index (χ1n) is 7.87. The zero-order valence-corrected chi connectivity index (χ0v) is 13.5. The molecule has 1 saturated carbocycles. The van der Waals surface area contributed by atoms with E-state index >= 15 is 0 Å². The molecule has 0 bridgehead atoms. The highest BCUT2D eigenvalue weighted by atomic mass is 16.5. The van der Waals surface area contributed by atoms with Crippen molar-refractivity contribution in [3.05, 3.63) is 11.6 Å². The molecule has 1 N–H and O–H groups in total. The van der Waals surface area contributed by atoms with Gasteiger partial charge in [0.2, 0.25) is 0 Å². The summed E-state index contributed by atoms with van der Waals surface area (Å²) in [6.45, 7) is 7.33. The predicted octanol–water partition coefficient (Wildman–Crippen LogP) is 1.33. The lowest BCUT2D eigenvalue weighted by atomic mass is 9.92. The van der Waals surface area contributed by atoms with Crippen molar-refractivity contribution in [1.29, 1.82) is 0 Å². The van der Waals surface area contributed by atoms with E-state index in [1.54, 1.807) is 0 Å². The Labute approximate surface area is 126 Å². The Bertz CT molecular complexity index is 496. The second kappa shape index (κ2) is 6.56. The molecular weight excluding hydrogens is 268 g/mol. The predicted molar refractivity (Wildman–Crippen MR) is 79.9 cm³/mol. The van der Waals surface area contributed by atoms with Gasteiger partial charge >= 0.3 is 5.97 Å². The highest BCUT2D eigenvalue weighted by Gasteiger charge is 2.52. The molecule has 6 heteroatoms. The van der Waals surface area contributed by atoms with Crippen molar-refractivity contribution >= 4 is 5.97 Å². The van der Waals surface area contributed by atoms with Gasteiger partial charge in [-0.25, -0.2) is 14.5 Å². The molecule has 1 atom stereocenters. The van der Waals surface area contributed by atoms with Crippen LogP contribution in [0.5, 0.6) is 0 Å². The van der Waals surface area contributed by atoms with Crippen LogP contribution in [-0.4, -0.2) is 39.9 Å². The quantitative estimate of drug-likeness (QED) is 0.733. The lowest BCUT2D eigenvalue weighted by Crippen LogP contribution is -2.57. The van der Waals surface area contributed by atoms with E-state index in [-0.39, 0.29) is 5.97 Å². The molecule has 6 nitrogen and oxygen atoms in total. The fourth-order valence-corrected chi connectivity index (χ4v) is 2.91. The molecule has 21 heavy (non-hydrogen) atoms. The molecule has 0 amide bonds. The zero-order chi connectivity index (χ0) is 15.5. The summed E-state index contributed by atoms with van der Waals surface area (Å²) in [5, 5.41) is 7.92. The Balaban J connectivity index is 2.33. The minimum Gasteiger partial charge on any atom is -0.468 e. The molecule has 1 aliphatic carbocycles. The lowest BCUT2D eigenvalue weighted by molar-refractivity contribution is -0.150. The highest BCUT2D eigenvalue weighted by Crippen LogP contribution is 2.41. The number of rotatable bonds is 8. The smallest absolute Gasteiger partial charge is 0.328 e. The average Bonchev–Trinajstić information content (AvgIpc) is 3.28. The zero-order valence-electron chi connectivity index (χ0n) is 13.5. The van der Waals surface area contributed by atoms with E-state index < -0.39 is 5.54 Å². The Morgan fingerprint density at radius 2 is 2.10 bits per heavy atom. The third kappa shape index (κ3) is 3.10. The standard InChI is InChI=1S/C15H26N4O2/c1-5-12-17-13(6-2)19(18-12)10-15(16-7-3,11-8-9-11)14(20)21-4/h11,16H,5-10H2,1-4H3. The lowest BCUT2D eigenvalue weighted by Gasteiger charge is -2.32. The van der Waals surface area contributed by atoms with Crippen LogP contribution in [0.25, 0.3) is 0 Å². The molecule has 0 aromatic carbocycles. The summed E-state index contributed by atoms with van der Waals surface area (Å²) in [4.78, 5) is 17.0. The number of aryl methyl sites for hydroxylation is 2. The van der Waals surface area contributed by atoms with Gasteiger partial charge < -0.3 is 10.1 Å². The Hall–Kier alpha value is -1.43. The van der Waals surface area contributed by atoms with Crippen LogP contribution in [-0.2, 0) is 28.9 Å². The van der Waals surface area contributed by atoms with E-state index in [0.29, 0.717) is 12.5 Å². The van der Waals surface area contributed by atoms with Crippen molar-refractivity contribution < 1.29 is 9.53 Å². The number of aromatic nitrogens is 3. The summed E-state index contributed by atoms with van der Waals surface area (Å²) in [5.74, 6) is 1.89. The van der Waals surface area contributed by atoms with E-state index in [0.717, 1.165) is 43.9 Å². The molecule has 0 radical (unpaired) electrons. The van der Waals surface area contributed by atoms with Gasteiger partial charge in [-0.15, -0.1) is 0 Å². The summed E-state index contributed by atoms with van der Waals surface area (Å²) in [7, 11) is 1.45. The summed E-state index contributed by atoms with van der Waals surface area (Å²) in [6.07, 6.45) is 3.72. The number of ether oxygens (including phenoxy) is 1. The number of carbonyl (C=O) groups excluding carboxylic acids is 1. The maximum Gasteiger partial charge on any atom is 0.328 e. The summed E-state index contributed by atoms with van der Waals surface area (Å²) < 4.78 is 6.97. The van der Waals surface area contributed by atoms with Crippen LogP contribution < -0.4 is 5.32 Å². The number of hydrogen-bond donors (Lipinski definition) is 1. The maximum atomic E-state index is 12.4. The number of carbonyl (C=O) groups is 1. The molecule has 1 fully saturated rings. The summed E-state index contributed by atoms with van der Waals surface area (Å²) in [5.41, 5.74) is -0.674. The van der Waals surface area contributed by atoms with Crippen LogP contribution in [0, 0.1) is 5.92 Å². The number of nitrogens with zero attached hydrogens (tertiary/aromatic N) is 3. The molecule has 0 spiro atoms. The van der Waals surface area contributed by atoms with Crippen molar-refractivity contribution in [2.45, 2.75) is 58.5 Å². The number of nitrogens with one attached hydrogen (secondary N) is 1. The monoisotopic (exact) mass is 294 g/mol. The van der Waals surface area contributed by atoms with E-state index in [2.05, 4.69) is 22.3 Å². The van der Waals surface area contributed by atoms with E-state index in [4.69, 9.17) is 4.74 Å².